The molecule has 0 radical (unpaired) electrons. The van der Waals surface area contributed by atoms with Crippen molar-refractivity contribution >= 4 is 23.1 Å². The van der Waals surface area contributed by atoms with E-state index >= 15 is 0 Å². The number of nitrogens with zero attached hydrogens (tertiary/aromatic N) is 4. The zero-order valence-electron chi connectivity index (χ0n) is 19.9. The fraction of sp³-hybridized carbons (Fsp3) is 0.400. The van der Waals surface area contributed by atoms with Gasteiger partial charge in [-0.15, -0.1) is 0 Å². The second-order valence-corrected chi connectivity index (χ2v) is 9.46. The lowest BCUT2D eigenvalue weighted by molar-refractivity contribution is -0.199. The van der Waals surface area contributed by atoms with Crippen LogP contribution in [0.3, 0.4) is 0 Å². The number of hydrogen-bond acceptors (Lipinski definition) is 5. The second kappa shape index (κ2) is 8.56. The van der Waals surface area contributed by atoms with E-state index in [1.165, 1.54) is 16.9 Å². The quantitative estimate of drug-likeness (QED) is 0.561. The zero-order chi connectivity index (χ0) is 25.9. The summed E-state index contributed by atoms with van der Waals surface area (Å²) in [7, 11) is 0. The summed E-state index contributed by atoms with van der Waals surface area (Å²) in [6.07, 6.45) is 0.326. The lowest BCUT2D eigenvalue weighted by Gasteiger charge is -2.41. The maximum atomic E-state index is 13.2. The van der Waals surface area contributed by atoms with Crippen molar-refractivity contribution in [1.82, 2.24) is 19.8 Å². The minimum Gasteiger partial charge on any atom is -0.489 e. The molecule has 194 valence electrons. The Balaban J connectivity index is 1.27. The molecule has 1 atom stereocenters. The number of nitrogens with one attached hydrogen (secondary N) is 1. The number of aromatic nitrogens is 2. The van der Waals surface area contributed by atoms with Crippen LogP contribution in [-0.4, -0.2) is 64.4 Å². The molecule has 1 aliphatic carbocycles. The van der Waals surface area contributed by atoms with Crippen molar-refractivity contribution in [2.24, 2.45) is 0 Å². The Bertz CT molecular complexity index is 1400. The summed E-state index contributed by atoms with van der Waals surface area (Å²) in [5.41, 5.74) is 1.72. The number of anilines is 1. The van der Waals surface area contributed by atoms with E-state index in [9.17, 15) is 22.8 Å². The maximum absolute atomic E-state index is 13.2. The fourth-order valence-corrected chi connectivity index (χ4v) is 4.73. The minimum absolute atomic E-state index is 0.0518. The predicted octanol–water partition coefficient (Wildman–Crippen LogP) is 4.28. The monoisotopic (exact) mass is 515 g/mol. The smallest absolute Gasteiger partial charge is 0.408 e. The van der Waals surface area contributed by atoms with Crippen LogP contribution >= 0.6 is 0 Å². The Morgan fingerprint density at radius 1 is 1.16 bits per heavy atom. The van der Waals surface area contributed by atoms with Crippen molar-refractivity contribution in [1.29, 1.82) is 0 Å². The van der Waals surface area contributed by atoms with Crippen molar-refractivity contribution in [3.8, 4) is 17.2 Å². The molecule has 1 aromatic carbocycles. The number of benzene rings is 1. The van der Waals surface area contributed by atoms with Gasteiger partial charge in [-0.2, -0.15) is 18.3 Å². The number of fused-ring (bicyclic) bond motifs is 2. The van der Waals surface area contributed by atoms with Gasteiger partial charge in [0.15, 0.2) is 5.75 Å². The van der Waals surface area contributed by atoms with Gasteiger partial charge < -0.3 is 19.7 Å². The van der Waals surface area contributed by atoms with Crippen LogP contribution in [-0.2, 0) is 0 Å². The number of rotatable bonds is 4. The third-order valence-corrected chi connectivity index (χ3v) is 6.95. The zero-order valence-corrected chi connectivity index (χ0v) is 19.9. The topological polar surface area (TPSA) is 88.4 Å². The number of carbonyl (C=O) groups is 2. The summed E-state index contributed by atoms with van der Waals surface area (Å²) in [5.74, 6) is 0.624. The molecule has 2 aliphatic heterocycles. The van der Waals surface area contributed by atoms with E-state index in [1.54, 1.807) is 36.1 Å². The maximum Gasteiger partial charge on any atom is 0.408 e. The van der Waals surface area contributed by atoms with Crippen molar-refractivity contribution in [2.45, 2.75) is 44.4 Å². The lowest BCUT2D eigenvalue weighted by Crippen LogP contribution is -2.58. The number of alkyl halides is 3. The number of halogens is 3. The van der Waals surface area contributed by atoms with Crippen molar-refractivity contribution in [3.63, 3.8) is 0 Å². The number of urea groups is 1. The second-order valence-electron chi connectivity index (χ2n) is 9.46. The lowest BCUT2D eigenvalue weighted by atomic mass is 10.0. The molecule has 1 N–H and O–H groups in total. The molecule has 0 spiro atoms. The molecule has 37 heavy (non-hydrogen) atoms. The Morgan fingerprint density at radius 2 is 1.97 bits per heavy atom. The van der Waals surface area contributed by atoms with Gasteiger partial charge in [-0.3, -0.25) is 9.69 Å². The SMILES string of the molecule is Cc1c(C(=O)N2CC[C@H]2C(F)(F)F)cn2nccc(Oc3ccc4c(c3)OCCN4C(=O)NC3CC3)c12. The van der Waals surface area contributed by atoms with Crippen molar-refractivity contribution < 1.29 is 32.2 Å². The van der Waals surface area contributed by atoms with Crippen molar-refractivity contribution in [3.05, 3.63) is 47.8 Å². The third-order valence-electron chi connectivity index (χ3n) is 6.95. The Hall–Kier alpha value is -3.96. The largest absolute Gasteiger partial charge is 0.489 e. The molecule has 0 bridgehead atoms. The molecule has 3 aromatic rings. The van der Waals surface area contributed by atoms with Crippen LogP contribution in [0, 0.1) is 6.92 Å². The van der Waals surface area contributed by atoms with Gasteiger partial charge in [-0.25, -0.2) is 9.31 Å². The average Bonchev–Trinajstić information content (AvgIpc) is 3.57. The van der Waals surface area contributed by atoms with E-state index in [4.69, 9.17) is 9.47 Å². The van der Waals surface area contributed by atoms with E-state index < -0.39 is 18.1 Å². The van der Waals surface area contributed by atoms with Crippen LogP contribution < -0.4 is 19.7 Å². The highest BCUT2D eigenvalue weighted by Gasteiger charge is 2.51. The number of aryl methyl sites for hydroxylation is 1. The van der Waals surface area contributed by atoms with E-state index in [-0.39, 0.29) is 30.6 Å². The van der Waals surface area contributed by atoms with Gasteiger partial charge in [-0.05, 0) is 43.9 Å². The first-order chi connectivity index (χ1) is 17.7. The van der Waals surface area contributed by atoms with Crippen LogP contribution in [0.2, 0.25) is 0 Å². The number of ether oxygens (including phenoxy) is 2. The first-order valence-electron chi connectivity index (χ1n) is 12.1. The van der Waals surface area contributed by atoms with Crippen LogP contribution in [0.4, 0.5) is 23.7 Å². The molecule has 2 aromatic heterocycles. The number of hydrogen-bond donors (Lipinski definition) is 1. The van der Waals surface area contributed by atoms with E-state index in [0.29, 0.717) is 47.2 Å². The molecule has 0 unspecified atom stereocenters. The highest BCUT2D eigenvalue weighted by molar-refractivity contribution is 5.99. The highest BCUT2D eigenvalue weighted by Crippen LogP contribution is 2.39. The van der Waals surface area contributed by atoms with Gasteiger partial charge in [-0.1, -0.05) is 0 Å². The summed E-state index contributed by atoms with van der Waals surface area (Å²) in [4.78, 5) is 28.0. The molecular weight excluding hydrogens is 491 g/mol. The Morgan fingerprint density at radius 3 is 2.68 bits per heavy atom. The van der Waals surface area contributed by atoms with Gasteiger partial charge in [0.1, 0.15) is 29.7 Å². The van der Waals surface area contributed by atoms with E-state index in [1.807, 2.05) is 0 Å². The van der Waals surface area contributed by atoms with Gasteiger partial charge in [0.2, 0.25) is 0 Å². The average molecular weight is 515 g/mol. The van der Waals surface area contributed by atoms with Crippen LogP contribution in [0.25, 0.3) is 5.52 Å². The van der Waals surface area contributed by atoms with Gasteiger partial charge >= 0.3 is 12.2 Å². The fourth-order valence-electron chi connectivity index (χ4n) is 4.73. The van der Waals surface area contributed by atoms with Gasteiger partial charge in [0.25, 0.3) is 5.91 Å². The van der Waals surface area contributed by atoms with Crippen LogP contribution in [0.1, 0.15) is 35.2 Å². The molecule has 1 saturated heterocycles. The molecule has 4 heterocycles. The first kappa shape index (κ1) is 23.4. The molecule has 12 heteroatoms. The van der Waals surface area contributed by atoms with Gasteiger partial charge in [0, 0.05) is 30.9 Å². The standard InChI is InChI=1S/C25H24F3N5O4/c1-14-17(23(34)32-9-7-21(32)25(26,27)28)13-33-22(14)19(6-8-29-33)37-16-4-5-18-20(12-16)36-11-10-31(18)24(35)30-15-2-3-15/h4-6,8,12-13,15,21H,2-3,7,9-11H2,1H3,(H,30,35)/t21-/m0/s1. The predicted molar refractivity (Wildman–Crippen MR) is 126 cm³/mol. The Labute approximate surface area is 209 Å². The summed E-state index contributed by atoms with van der Waals surface area (Å²) < 4.78 is 53.0. The number of likely N-dealkylation sites (tertiary alicyclic amines) is 1. The molecule has 9 nitrogen and oxygen atoms in total. The number of carbonyl (C=O) groups excluding carboxylic acids is 2. The van der Waals surface area contributed by atoms with Crippen molar-refractivity contribution in [2.75, 3.05) is 24.6 Å². The van der Waals surface area contributed by atoms with Crippen LogP contribution in [0.15, 0.2) is 36.7 Å². The summed E-state index contributed by atoms with van der Waals surface area (Å²) in [6, 6.07) is 5.06. The number of amides is 3. The summed E-state index contributed by atoms with van der Waals surface area (Å²) in [5, 5.41) is 7.20. The highest BCUT2D eigenvalue weighted by atomic mass is 19.4. The normalized spacial score (nSPS) is 19.2. The Kier molecular flexibility index (Phi) is 5.42. The molecule has 6 rings (SSSR count). The molecular formula is C25H24F3N5O4. The summed E-state index contributed by atoms with van der Waals surface area (Å²) >= 11 is 0. The summed E-state index contributed by atoms with van der Waals surface area (Å²) in [6.45, 7) is 2.48. The van der Waals surface area contributed by atoms with E-state index in [2.05, 4.69) is 10.4 Å². The molecule has 3 aliphatic rings. The van der Waals surface area contributed by atoms with Crippen LogP contribution in [0.5, 0.6) is 17.2 Å². The van der Waals surface area contributed by atoms with Gasteiger partial charge in [0.05, 0.1) is 24.0 Å². The molecule has 1 saturated carbocycles. The molecule has 2 fully saturated rings. The first-order valence-corrected chi connectivity index (χ1v) is 12.1. The third kappa shape index (κ3) is 4.19. The minimum atomic E-state index is -4.46. The molecule has 3 amide bonds. The van der Waals surface area contributed by atoms with E-state index in [0.717, 1.165) is 17.7 Å².